The van der Waals surface area contributed by atoms with Crippen LogP contribution in [0.25, 0.3) is 0 Å². The summed E-state index contributed by atoms with van der Waals surface area (Å²) in [5.74, 6) is 0.0503. The van der Waals surface area contributed by atoms with Crippen molar-refractivity contribution in [2.45, 2.75) is 39.7 Å². The second kappa shape index (κ2) is 6.59. The van der Waals surface area contributed by atoms with E-state index >= 15 is 0 Å². The fraction of sp³-hybridized carbons (Fsp3) is 0.438. The van der Waals surface area contributed by atoms with Crippen LogP contribution >= 0.6 is 22.9 Å². The van der Waals surface area contributed by atoms with Gasteiger partial charge in [-0.3, -0.25) is 4.79 Å². The lowest BCUT2D eigenvalue weighted by atomic mass is 10.1. The van der Waals surface area contributed by atoms with Crippen LogP contribution in [0.2, 0.25) is 0 Å². The van der Waals surface area contributed by atoms with Crippen molar-refractivity contribution < 1.29 is 4.79 Å². The number of ketones is 1. The molecule has 0 aliphatic carbocycles. The SMILES string of the molecule is CCCC(c1cccs1)n1c(C)cc(C(=O)CCl)c1C. The van der Waals surface area contributed by atoms with Crippen molar-refractivity contribution in [1.82, 2.24) is 4.57 Å². The molecule has 1 unspecified atom stereocenters. The summed E-state index contributed by atoms with van der Waals surface area (Å²) in [6.07, 6.45) is 2.18. The summed E-state index contributed by atoms with van der Waals surface area (Å²) < 4.78 is 2.29. The molecule has 2 aromatic rings. The Hall–Kier alpha value is -1.06. The average Bonchev–Trinajstić information content (AvgIpc) is 3.05. The fourth-order valence-electron chi connectivity index (χ4n) is 2.76. The summed E-state index contributed by atoms with van der Waals surface area (Å²) in [5, 5.41) is 2.11. The molecule has 2 aromatic heterocycles. The van der Waals surface area contributed by atoms with Crippen LogP contribution in [0.4, 0.5) is 0 Å². The Morgan fingerprint density at radius 1 is 1.45 bits per heavy atom. The molecular formula is C16H20ClNOS. The summed E-state index contributed by atoms with van der Waals surface area (Å²) in [6.45, 7) is 6.27. The molecule has 1 atom stereocenters. The van der Waals surface area contributed by atoms with E-state index in [-0.39, 0.29) is 11.7 Å². The van der Waals surface area contributed by atoms with E-state index in [1.807, 2.05) is 13.0 Å². The molecule has 0 amide bonds. The van der Waals surface area contributed by atoms with Gasteiger partial charge in [-0.15, -0.1) is 22.9 Å². The monoisotopic (exact) mass is 309 g/mol. The Kier molecular flexibility index (Phi) is 5.06. The molecule has 0 aliphatic rings. The molecule has 4 heteroatoms. The number of hydrogen-bond donors (Lipinski definition) is 0. The second-order valence-electron chi connectivity index (χ2n) is 5.03. The van der Waals surface area contributed by atoms with Crippen molar-refractivity contribution in [3.63, 3.8) is 0 Å². The van der Waals surface area contributed by atoms with Gasteiger partial charge in [-0.25, -0.2) is 0 Å². The summed E-state index contributed by atoms with van der Waals surface area (Å²) in [5.41, 5.74) is 2.91. The third-order valence-corrected chi connectivity index (χ3v) is 4.87. The lowest BCUT2D eigenvalue weighted by molar-refractivity contribution is 0.102. The largest absolute Gasteiger partial charge is 0.340 e. The second-order valence-corrected chi connectivity index (χ2v) is 6.28. The van der Waals surface area contributed by atoms with E-state index in [0.29, 0.717) is 6.04 Å². The van der Waals surface area contributed by atoms with Crippen LogP contribution in [-0.4, -0.2) is 16.2 Å². The molecule has 2 rings (SSSR count). The molecule has 0 saturated carbocycles. The Morgan fingerprint density at radius 2 is 2.20 bits per heavy atom. The number of aryl methyl sites for hydroxylation is 1. The maximum Gasteiger partial charge on any atom is 0.179 e. The summed E-state index contributed by atoms with van der Waals surface area (Å²) >= 11 is 7.48. The first-order valence-corrected chi connectivity index (χ1v) is 8.32. The lowest BCUT2D eigenvalue weighted by Gasteiger charge is -2.21. The van der Waals surface area contributed by atoms with Crippen LogP contribution in [0.5, 0.6) is 0 Å². The molecule has 0 aromatic carbocycles. The van der Waals surface area contributed by atoms with Gasteiger partial charge in [0.1, 0.15) is 0 Å². The molecule has 0 saturated heterocycles. The normalized spacial score (nSPS) is 12.6. The molecule has 0 aliphatic heterocycles. The third kappa shape index (κ3) is 2.84. The third-order valence-electron chi connectivity index (χ3n) is 3.65. The molecule has 108 valence electrons. The molecule has 0 radical (unpaired) electrons. The first kappa shape index (κ1) is 15.3. The minimum atomic E-state index is 0.00689. The molecule has 2 heterocycles. The van der Waals surface area contributed by atoms with Crippen molar-refractivity contribution in [2.24, 2.45) is 0 Å². The highest BCUT2D eigenvalue weighted by atomic mass is 35.5. The molecule has 0 spiro atoms. The number of thiophene rings is 1. The van der Waals surface area contributed by atoms with Crippen molar-refractivity contribution in [3.8, 4) is 0 Å². The van der Waals surface area contributed by atoms with E-state index in [0.717, 1.165) is 29.8 Å². The Bertz CT molecular complexity index is 586. The van der Waals surface area contributed by atoms with Gasteiger partial charge in [-0.1, -0.05) is 19.4 Å². The standard InChI is InChI=1S/C16H20ClNOS/c1-4-6-14(16-7-5-8-20-16)18-11(2)9-13(12(18)3)15(19)10-17/h5,7-9,14H,4,6,10H2,1-3H3. The quantitative estimate of drug-likeness (QED) is 0.545. The van der Waals surface area contributed by atoms with Gasteiger partial charge in [0.25, 0.3) is 0 Å². The van der Waals surface area contributed by atoms with Crippen LogP contribution < -0.4 is 0 Å². The highest BCUT2D eigenvalue weighted by molar-refractivity contribution is 7.10. The minimum Gasteiger partial charge on any atom is -0.340 e. The topological polar surface area (TPSA) is 22.0 Å². The van der Waals surface area contributed by atoms with Crippen molar-refractivity contribution in [1.29, 1.82) is 0 Å². The smallest absolute Gasteiger partial charge is 0.179 e. The van der Waals surface area contributed by atoms with Crippen LogP contribution in [-0.2, 0) is 0 Å². The van der Waals surface area contributed by atoms with Gasteiger partial charge < -0.3 is 4.57 Å². The summed E-state index contributed by atoms with van der Waals surface area (Å²) in [7, 11) is 0. The van der Waals surface area contributed by atoms with E-state index < -0.39 is 0 Å². The van der Waals surface area contributed by atoms with Crippen LogP contribution in [0.15, 0.2) is 23.6 Å². The molecular weight excluding hydrogens is 290 g/mol. The maximum absolute atomic E-state index is 11.9. The van der Waals surface area contributed by atoms with Crippen molar-refractivity contribution in [2.75, 3.05) is 5.88 Å². The minimum absolute atomic E-state index is 0.00689. The number of halogens is 1. The number of carbonyl (C=O) groups is 1. The average molecular weight is 310 g/mol. The molecule has 0 fully saturated rings. The lowest BCUT2D eigenvalue weighted by Crippen LogP contribution is -2.13. The van der Waals surface area contributed by atoms with Gasteiger partial charge in [0.2, 0.25) is 0 Å². The van der Waals surface area contributed by atoms with Crippen molar-refractivity contribution >= 4 is 28.7 Å². The van der Waals surface area contributed by atoms with Gasteiger partial charge >= 0.3 is 0 Å². The van der Waals surface area contributed by atoms with E-state index in [1.54, 1.807) is 11.3 Å². The highest BCUT2D eigenvalue weighted by Crippen LogP contribution is 2.32. The first-order valence-electron chi connectivity index (χ1n) is 6.91. The number of rotatable bonds is 6. The number of carbonyl (C=O) groups excluding carboxylic acids is 1. The van der Waals surface area contributed by atoms with Crippen molar-refractivity contribution in [3.05, 3.63) is 45.4 Å². The Balaban J connectivity index is 2.49. The van der Waals surface area contributed by atoms with Gasteiger partial charge in [-0.2, -0.15) is 0 Å². The number of Topliss-reactive ketones (excluding diaryl/α,β-unsaturated/α-hetero) is 1. The van der Waals surface area contributed by atoms with E-state index in [1.165, 1.54) is 4.88 Å². The number of nitrogens with zero attached hydrogens (tertiary/aromatic N) is 1. The van der Waals surface area contributed by atoms with Crippen LogP contribution in [0, 0.1) is 13.8 Å². The van der Waals surface area contributed by atoms with Crippen LogP contribution in [0.1, 0.15) is 52.4 Å². The van der Waals surface area contributed by atoms with Gasteiger partial charge in [0.05, 0.1) is 11.9 Å². The zero-order chi connectivity index (χ0) is 14.7. The summed E-state index contributed by atoms with van der Waals surface area (Å²) in [6, 6.07) is 6.54. The Morgan fingerprint density at radius 3 is 2.75 bits per heavy atom. The zero-order valence-electron chi connectivity index (χ0n) is 12.1. The van der Waals surface area contributed by atoms with Gasteiger partial charge in [0.15, 0.2) is 5.78 Å². The van der Waals surface area contributed by atoms with E-state index in [9.17, 15) is 4.79 Å². The van der Waals surface area contributed by atoms with Gasteiger partial charge in [0, 0.05) is 21.8 Å². The van der Waals surface area contributed by atoms with Gasteiger partial charge in [-0.05, 0) is 37.8 Å². The predicted molar refractivity (Wildman–Crippen MR) is 86.3 cm³/mol. The Labute approximate surface area is 129 Å². The number of alkyl halides is 1. The molecule has 0 N–H and O–H groups in total. The zero-order valence-corrected chi connectivity index (χ0v) is 13.7. The number of aromatic nitrogens is 1. The summed E-state index contributed by atoms with van der Waals surface area (Å²) in [4.78, 5) is 13.3. The fourth-order valence-corrected chi connectivity index (χ4v) is 3.76. The highest BCUT2D eigenvalue weighted by Gasteiger charge is 2.21. The maximum atomic E-state index is 11.9. The van der Waals surface area contributed by atoms with Crippen LogP contribution in [0.3, 0.4) is 0 Å². The first-order chi connectivity index (χ1) is 9.60. The van der Waals surface area contributed by atoms with E-state index in [4.69, 9.17) is 11.6 Å². The predicted octanol–water partition coefficient (Wildman–Crippen LogP) is 4.98. The molecule has 0 bridgehead atoms. The molecule has 2 nitrogen and oxygen atoms in total. The van der Waals surface area contributed by atoms with E-state index in [2.05, 4.69) is 35.9 Å². The molecule has 20 heavy (non-hydrogen) atoms. The number of hydrogen-bond acceptors (Lipinski definition) is 2.